The molecule has 1 fully saturated rings. The fourth-order valence-corrected chi connectivity index (χ4v) is 1.68. The molecule has 0 aliphatic heterocycles. The van der Waals surface area contributed by atoms with Gasteiger partial charge in [0.05, 0.1) is 5.60 Å². The van der Waals surface area contributed by atoms with Gasteiger partial charge in [-0.1, -0.05) is 13.8 Å². The van der Waals surface area contributed by atoms with Crippen LogP contribution in [0.5, 0.6) is 0 Å². The Hall–Kier alpha value is -0.570. The molecule has 0 aromatic rings. The second-order valence-corrected chi connectivity index (χ2v) is 5.18. The highest BCUT2D eigenvalue weighted by atomic mass is 16.3. The lowest BCUT2D eigenvalue weighted by atomic mass is 9.71. The molecule has 14 heavy (non-hydrogen) atoms. The first-order valence-corrected chi connectivity index (χ1v) is 5.33. The van der Waals surface area contributed by atoms with E-state index in [4.69, 9.17) is 0 Å². The molecule has 0 bridgehead atoms. The lowest BCUT2D eigenvalue weighted by molar-refractivity contribution is -0.126. The largest absolute Gasteiger partial charge is 0.390 e. The molecule has 0 spiro atoms. The van der Waals surface area contributed by atoms with Gasteiger partial charge in [0.15, 0.2) is 0 Å². The van der Waals surface area contributed by atoms with Crippen molar-refractivity contribution in [1.82, 2.24) is 5.32 Å². The Labute approximate surface area is 85.9 Å². The summed E-state index contributed by atoms with van der Waals surface area (Å²) in [4.78, 5) is 11.3. The predicted molar refractivity (Wildman–Crippen MR) is 55.8 cm³/mol. The van der Waals surface area contributed by atoms with Crippen LogP contribution in [0.2, 0.25) is 0 Å². The van der Waals surface area contributed by atoms with Crippen molar-refractivity contribution in [2.45, 2.75) is 52.2 Å². The molecule has 82 valence electrons. The van der Waals surface area contributed by atoms with E-state index in [1.54, 1.807) is 0 Å². The molecule has 0 aromatic heterocycles. The molecule has 3 nitrogen and oxygen atoms in total. The number of hydrogen-bond acceptors (Lipinski definition) is 2. The Morgan fingerprint density at radius 1 is 1.43 bits per heavy atom. The minimum absolute atomic E-state index is 0.0520. The van der Waals surface area contributed by atoms with Gasteiger partial charge >= 0.3 is 0 Å². The van der Waals surface area contributed by atoms with Crippen molar-refractivity contribution in [1.29, 1.82) is 0 Å². The molecule has 0 saturated heterocycles. The fraction of sp³-hybridized carbons (Fsp3) is 0.909. The highest BCUT2D eigenvalue weighted by molar-refractivity contribution is 5.78. The third-order valence-electron chi connectivity index (χ3n) is 3.01. The minimum atomic E-state index is -0.598. The molecule has 1 rings (SSSR count). The molecule has 3 heteroatoms. The zero-order valence-electron chi connectivity index (χ0n) is 9.50. The maximum atomic E-state index is 11.3. The lowest BCUT2D eigenvalue weighted by Gasteiger charge is -2.42. The van der Waals surface area contributed by atoms with Gasteiger partial charge in [-0.25, -0.2) is 0 Å². The monoisotopic (exact) mass is 199 g/mol. The Balaban J connectivity index is 2.26. The van der Waals surface area contributed by atoms with E-state index in [0.29, 0.717) is 5.92 Å². The quantitative estimate of drug-likeness (QED) is 0.720. The molecular weight excluding hydrogens is 178 g/mol. The van der Waals surface area contributed by atoms with E-state index in [-0.39, 0.29) is 17.9 Å². The number of carbonyl (C=O) groups excluding carboxylic acids is 1. The van der Waals surface area contributed by atoms with Crippen molar-refractivity contribution in [2.24, 2.45) is 11.8 Å². The van der Waals surface area contributed by atoms with Gasteiger partial charge in [0.1, 0.15) is 0 Å². The summed E-state index contributed by atoms with van der Waals surface area (Å²) >= 11 is 0. The van der Waals surface area contributed by atoms with Gasteiger partial charge in [-0.05, 0) is 32.6 Å². The van der Waals surface area contributed by atoms with Crippen LogP contribution in [-0.4, -0.2) is 22.7 Å². The molecule has 0 radical (unpaired) electrons. The summed E-state index contributed by atoms with van der Waals surface area (Å²) < 4.78 is 0. The van der Waals surface area contributed by atoms with Crippen LogP contribution in [0.3, 0.4) is 0 Å². The highest BCUT2D eigenvalue weighted by Gasteiger charge is 2.39. The van der Waals surface area contributed by atoms with Gasteiger partial charge in [0.25, 0.3) is 0 Å². The number of rotatable bonds is 3. The Morgan fingerprint density at radius 3 is 2.29 bits per heavy atom. The minimum Gasteiger partial charge on any atom is -0.390 e. The standard InChI is InChI=1S/C11H21NO2/c1-7(2)10(13)12-9-5-8(6-9)11(3,4)14/h7-9,14H,5-6H2,1-4H3,(H,12,13). The maximum Gasteiger partial charge on any atom is 0.222 e. The van der Waals surface area contributed by atoms with Gasteiger partial charge < -0.3 is 10.4 Å². The van der Waals surface area contributed by atoms with Gasteiger partial charge in [-0.15, -0.1) is 0 Å². The summed E-state index contributed by atoms with van der Waals surface area (Å²) in [7, 11) is 0. The molecule has 1 saturated carbocycles. The summed E-state index contributed by atoms with van der Waals surface area (Å²) in [5.41, 5.74) is -0.598. The SMILES string of the molecule is CC(C)C(=O)NC1CC(C(C)(C)O)C1. The van der Waals surface area contributed by atoms with E-state index < -0.39 is 5.60 Å². The fourth-order valence-electron chi connectivity index (χ4n) is 1.68. The molecule has 0 unspecified atom stereocenters. The molecule has 1 amide bonds. The van der Waals surface area contributed by atoms with E-state index in [0.717, 1.165) is 12.8 Å². The number of nitrogens with one attached hydrogen (secondary N) is 1. The zero-order valence-corrected chi connectivity index (χ0v) is 9.50. The number of amides is 1. The van der Waals surface area contributed by atoms with Gasteiger partial charge in [0.2, 0.25) is 5.91 Å². The van der Waals surface area contributed by atoms with E-state index >= 15 is 0 Å². The highest BCUT2D eigenvalue weighted by Crippen LogP contribution is 2.36. The van der Waals surface area contributed by atoms with Gasteiger partial charge in [-0.2, -0.15) is 0 Å². The van der Waals surface area contributed by atoms with Crippen molar-refractivity contribution >= 4 is 5.91 Å². The van der Waals surface area contributed by atoms with Crippen molar-refractivity contribution in [3.8, 4) is 0 Å². The molecule has 2 N–H and O–H groups in total. The second kappa shape index (κ2) is 3.89. The van der Waals surface area contributed by atoms with Crippen molar-refractivity contribution in [3.63, 3.8) is 0 Å². The third kappa shape index (κ3) is 2.71. The van der Waals surface area contributed by atoms with Crippen LogP contribution >= 0.6 is 0 Å². The topological polar surface area (TPSA) is 49.3 Å². The van der Waals surface area contributed by atoms with Crippen LogP contribution in [0.25, 0.3) is 0 Å². The first-order valence-electron chi connectivity index (χ1n) is 5.33. The van der Waals surface area contributed by atoms with E-state index in [9.17, 15) is 9.90 Å². The number of carbonyl (C=O) groups is 1. The van der Waals surface area contributed by atoms with E-state index in [2.05, 4.69) is 5.32 Å². The molecule has 1 aliphatic rings. The number of hydrogen-bond donors (Lipinski definition) is 2. The third-order valence-corrected chi connectivity index (χ3v) is 3.01. The van der Waals surface area contributed by atoms with Crippen LogP contribution < -0.4 is 5.32 Å². The van der Waals surface area contributed by atoms with Crippen LogP contribution in [0.15, 0.2) is 0 Å². The summed E-state index contributed by atoms with van der Waals surface area (Å²) in [6, 6.07) is 0.279. The van der Waals surface area contributed by atoms with E-state index in [1.807, 2.05) is 27.7 Å². The second-order valence-electron chi connectivity index (χ2n) is 5.18. The number of aliphatic hydroxyl groups is 1. The molecular formula is C11H21NO2. The van der Waals surface area contributed by atoms with Crippen LogP contribution in [0, 0.1) is 11.8 Å². The van der Waals surface area contributed by atoms with E-state index in [1.165, 1.54) is 0 Å². The molecule has 0 heterocycles. The summed E-state index contributed by atoms with van der Waals surface area (Å²) in [5, 5.41) is 12.7. The summed E-state index contributed by atoms with van der Waals surface area (Å²) in [5.74, 6) is 0.500. The first kappa shape index (κ1) is 11.5. The normalized spacial score (nSPS) is 27.3. The first-order chi connectivity index (χ1) is 6.30. The average molecular weight is 199 g/mol. The zero-order chi connectivity index (χ0) is 10.9. The van der Waals surface area contributed by atoms with Crippen LogP contribution in [0.1, 0.15) is 40.5 Å². The van der Waals surface area contributed by atoms with Crippen molar-refractivity contribution in [3.05, 3.63) is 0 Å². The smallest absolute Gasteiger partial charge is 0.222 e. The Morgan fingerprint density at radius 2 is 1.93 bits per heavy atom. The Kier molecular flexibility index (Phi) is 3.20. The molecule has 0 aromatic carbocycles. The van der Waals surface area contributed by atoms with Crippen molar-refractivity contribution in [2.75, 3.05) is 0 Å². The summed E-state index contributed by atoms with van der Waals surface area (Å²) in [6.07, 6.45) is 1.81. The molecule has 1 aliphatic carbocycles. The van der Waals surface area contributed by atoms with Gasteiger partial charge in [0, 0.05) is 12.0 Å². The van der Waals surface area contributed by atoms with Crippen molar-refractivity contribution < 1.29 is 9.90 Å². The lowest BCUT2D eigenvalue weighted by Crippen LogP contribution is -2.51. The van der Waals surface area contributed by atoms with Crippen LogP contribution in [-0.2, 0) is 4.79 Å². The summed E-state index contributed by atoms with van der Waals surface area (Å²) in [6.45, 7) is 7.44. The molecule has 0 atom stereocenters. The van der Waals surface area contributed by atoms with Crippen LogP contribution in [0.4, 0.5) is 0 Å². The maximum absolute atomic E-state index is 11.3. The average Bonchev–Trinajstić information content (AvgIpc) is 1.92. The predicted octanol–water partition coefficient (Wildman–Crippen LogP) is 1.31. The van der Waals surface area contributed by atoms with Gasteiger partial charge in [-0.3, -0.25) is 4.79 Å². The Bertz CT molecular complexity index is 212.